The van der Waals surface area contributed by atoms with Crippen molar-refractivity contribution in [1.29, 1.82) is 0 Å². The summed E-state index contributed by atoms with van der Waals surface area (Å²) in [5, 5.41) is 9.14. The maximum absolute atomic E-state index is 13.3. The van der Waals surface area contributed by atoms with E-state index >= 15 is 0 Å². The van der Waals surface area contributed by atoms with Crippen molar-refractivity contribution in [2.75, 3.05) is 6.79 Å². The predicted octanol–water partition coefficient (Wildman–Crippen LogP) is -1.87. The molecule has 0 saturated carbocycles. The van der Waals surface area contributed by atoms with Crippen molar-refractivity contribution in [3.63, 3.8) is 0 Å². The number of carboxylic acids is 1. The molecule has 1 amide bonds. The van der Waals surface area contributed by atoms with Crippen LogP contribution in [-0.4, -0.2) is 32.2 Å². The summed E-state index contributed by atoms with van der Waals surface area (Å²) in [6, 6.07) is 17.6. The van der Waals surface area contributed by atoms with Crippen LogP contribution in [0, 0.1) is 0 Å². The number of sulfonamides is 1. The minimum atomic E-state index is -4.10. The number of rotatable bonds is 9. The second-order valence-corrected chi connectivity index (χ2v) is 9.92. The molecule has 4 rings (SSSR count). The first-order chi connectivity index (χ1) is 16.8. The molecular weight excluding hydrogens is 549 g/mol. The fourth-order valence-corrected chi connectivity index (χ4v) is 4.92. The van der Waals surface area contributed by atoms with E-state index in [0.717, 1.165) is 18.4 Å². The Labute approximate surface area is 304 Å². The zero-order valence-electron chi connectivity index (χ0n) is 23.1. The van der Waals surface area contributed by atoms with Crippen LogP contribution in [-0.2, 0) is 27.7 Å². The van der Waals surface area contributed by atoms with Crippen LogP contribution in [0.5, 0.6) is 11.5 Å². The molecular formula is C26H27K2NO7S. The maximum Gasteiger partial charge on any atom is 1.00 e. The smallest absolute Gasteiger partial charge is 1.00 e. The molecule has 8 nitrogen and oxygen atoms in total. The Morgan fingerprint density at radius 3 is 2.19 bits per heavy atom. The summed E-state index contributed by atoms with van der Waals surface area (Å²) in [5.74, 6) is -1.63. The molecule has 0 aliphatic carbocycles. The minimum absolute atomic E-state index is 0. The molecule has 3 aromatic rings. The number of hydrogen-bond donors (Lipinski definition) is 2. The van der Waals surface area contributed by atoms with E-state index in [4.69, 9.17) is 14.6 Å². The molecule has 11 heteroatoms. The number of ether oxygens (including phenoxy) is 2. The van der Waals surface area contributed by atoms with Crippen LogP contribution in [0.2, 0.25) is 0 Å². The molecule has 37 heavy (non-hydrogen) atoms. The van der Waals surface area contributed by atoms with Gasteiger partial charge in [0, 0.05) is 0 Å². The summed E-state index contributed by atoms with van der Waals surface area (Å²) in [5.41, 5.74) is 2.35. The van der Waals surface area contributed by atoms with E-state index in [1.807, 2.05) is 6.92 Å². The van der Waals surface area contributed by atoms with Gasteiger partial charge in [-0.25, -0.2) is 17.9 Å². The fraction of sp³-hybridized carbons (Fsp3) is 0.231. The van der Waals surface area contributed by atoms with E-state index in [-0.39, 0.29) is 129 Å². The molecule has 0 saturated heterocycles. The Morgan fingerprint density at radius 1 is 0.946 bits per heavy atom. The summed E-state index contributed by atoms with van der Waals surface area (Å²) in [6.45, 7) is 2.10. The monoisotopic (exact) mass is 575 g/mol. The average molecular weight is 576 g/mol. The molecule has 0 radical (unpaired) electrons. The van der Waals surface area contributed by atoms with Gasteiger partial charge >= 0.3 is 109 Å². The van der Waals surface area contributed by atoms with Gasteiger partial charge in [0.25, 0.3) is 10.0 Å². The molecule has 2 N–H and O–H groups in total. The quantitative estimate of drug-likeness (QED) is 0.287. The molecule has 0 aromatic heterocycles. The van der Waals surface area contributed by atoms with Crippen LogP contribution in [0.25, 0.3) is 0 Å². The van der Waals surface area contributed by atoms with Crippen LogP contribution in [0.15, 0.2) is 71.6 Å². The number of nitrogens with one attached hydrogen (secondary N) is 1. The van der Waals surface area contributed by atoms with Crippen LogP contribution in [0.4, 0.5) is 0 Å². The molecule has 0 bridgehead atoms. The van der Waals surface area contributed by atoms with E-state index in [2.05, 4.69) is 4.72 Å². The van der Waals surface area contributed by atoms with Gasteiger partial charge in [0.1, 0.15) is 0 Å². The van der Waals surface area contributed by atoms with Crippen molar-refractivity contribution in [2.45, 2.75) is 37.0 Å². The van der Waals surface area contributed by atoms with Crippen molar-refractivity contribution >= 4 is 21.9 Å². The van der Waals surface area contributed by atoms with Gasteiger partial charge in [-0.05, 0) is 65.9 Å². The summed E-state index contributed by atoms with van der Waals surface area (Å²) in [6.07, 6.45) is 1.92. The van der Waals surface area contributed by atoms with Gasteiger partial charge < -0.3 is 17.4 Å². The summed E-state index contributed by atoms with van der Waals surface area (Å²) in [4.78, 5) is 24.5. The number of aromatic carboxylic acids is 1. The zero-order chi connectivity index (χ0) is 25.0. The van der Waals surface area contributed by atoms with E-state index < -0.39 is 27.8 Å². The number of carbonyl (C=O) groups is 2. The van der Waals surface area contributed by atoms with Gasteiger partial charge in [-0.1, -0.05) is 43.7 Å². The normalized spacial score (nSPS) is 12.6. The van der Waals surface area contributed by atoms with Crippen molar-refractivity contribution in [3.8, 4) is 11.5 Å². The number of benzene rings is 3. The first-order valence-electron chi connectivity index (χ1n) is 11.1. The number of carbonyl (C=O) groups excluding carboxylic acids is 1. The molecule has 0 fully saturated rings. The third kappa shape index (κ3) is 8.45. The second-order valence-electron chi connectivity index (χ2n) is 8.24. The Bertz CT molecular complexity index is 1360. The van der Waals surface area contributed by atoms with Gasteiger partial charge in [0.15, 0.2) is 11.5 Å². The standard InChI is InChI=1S/C26H25NO7S.2K.2H/c1-2-3-17-6-11-21(12-7-17)35(31,32)27-25(28)22(14-18-4-8-19(9-5-18)26(29)30)20-10-13-23-24(15-20)34-16-33-23;;;;/h4-13,15,22H,2-3,14,16H2,1H3,(H,27,28)(H,29,30);;;;/q;2*+1;2*-1. The maximum atomic E-state index is 13.3. The van der Waals surface area contributed by atoms with Crippen LogP contribution >= 0.6 is 0 Å². The largest absolute Gasteiger partial charge is 1.00 e. The molecule has 1 aliphatic rings. The summed E-state index contributed by atoms with van der Waals surface area (Å²) >= 11 is 0. The van der Waals surface area contributed by atoms with E-state index in [0.29, 0.717) is 22.6 Å². The number of amides is 1. The van der Waals surface area contributed by atoms with Gasteiger partial charge in [0.05, 0.1) is 16.4 Å². The van der Waals surface area contributed by atoms with Crippen molar-refractivity contribution in [1.82, 2.24) is 4.72 Å². The number of aryl methyl sites for hydroxylation is 1. The number of carboxylic acid groups (broad SMARTS) is 1. The fourth-order valence-electron chi connectivity index (χ4n) is 3.90. The molecule has 1 heterocycles. The first-order valence-corrected chi connectivity index (χ1v) is 12.6. The Kier molecular flexibility index (Phi) is 13.0. The SMILES string of the molecule is CCCc1ccc(S(=O)(=O)NC(=O)C(Cc2ccc(C(=O)O)cc2)c2ccc3c(c2)OCO3)cc1.[H-].[H-].[K+].[K+]. The number of fused-ring (bicyclic) bond motifs is 1. The van der Waals surface area contributed by atoms with Crippen molar-refractivity contribution in [3.05, 3.63) is 89.0 Å². The molecule has 1 atom stereocenters. The Morgan fingerprint density at radius 2 is 1.57 bits per heavy atom. The van der Waals surface area contributed by atoms with Crippen LogP contribution in [0.1, 0.15) is 49.2 Å². The topological polar surface area (TPSA) is 119 Å². The van der Waals surface area contributed by atoms with Crippen molar-refractivity contribution in [2.24, 2.45) is 0 Å². The second kappa shape index (κ2) is 14.7. The van der Waals surface area contributed by atoms with Crippen LogP contribution < -0.4 is 117 Å². The molecule has 0 spiro atoms. The molecule has 1 unspecified atom stereocenters. The predicted molar refractivity (Wildman–Crippen MR) is 130 cm³/mol. The minimum Gasteiger partial charge on any atom is -1.00 e. The number of hydrogen-bond acceptors (Lipinski definition) is 6. The zero-order valence-corrected chi connectivity index (χ0v) is 28.1. The van der Waals surface area contributed by atoms with Crippen LogP contribution in [0.3, 0.4) is 0 Å². The third-order valence-corrected chi connectivity index (χ3v) is 7.13. The van der Waals surface area contributed by atoms with E-state index in [9.17, 15) is 18.0 Å². The van der Waals surface area contributed by atoms with Gasteiger partial charge in [-0.3, -0.25) is 4.79 Å². The Balaban J connectivity index is 0.00000361. The average Bonchev–Trinajstić information content (AvgIpc) is 3.31. The van der Waals surface area contributed by atoms with E-state index in [1.165, 1.54) is 24.3 Å². The van der Waals surface area contributed by atoms with Gasteiger partial charge in [-0.2, -0.15) is 0 Å². The summed E-state index contributed by atoms with van der Waals surface area (Å²) in [7, 11) is -4.10. The molecule has 1 aliphatic heterocycles. The summed E-state index contributed by atoms with van der Waals surface area (Å²) < 4.78 is 38.9. The van der Waals surface area contributed by atoms with Crippen molar-refractivity contribution < 1.29 is 138 Å². The molecule has 186 valence electrons. The third-order valence-electron chi connectivity index (χ3n) is 5.76. The van der Waals surface area contributed by atoms with Gasteiger partial charge in [-0.15, -0.1) is 0 Å². The molecule has 3 aromatic carbocycles. The Hall–Kier alpha value is -0.577. The first kappa shape index (κ1) is 32.6. The van der Waals surface area contributed by atoms with E-state index in [1.54, 1.807) is 42.5 Å². The van der Waals surface area contributed by atoms with Gasteiger partial charge in [0.2, 0.25) is 12.7 Å².